The highest BCUT2D eigenvalue weighted by molar-refractivity contribution is 5.68. The molecule has 1 N–H and O–H groups in total. The molecule has 134 valence electrons. The summed E-state index contributed by atoms with van der Waals surface area (Å²) in [6, 6.07) is 0.620. The summed E-state index contributed by atoms with van der Waals surface area (Å²) in [6.45, 7) is 13.1. The van der Waals surface area contributed by atoms with Crippen molar-refractivity contribution >= 4 is 6.09 Å². The second-order valence-corrected chi connectivity index (χ2v) is 8.76. The van der Waals surface area contributed by atoms with Gasteiger partial charge in [-0.25, -0.2) is 4.79 Å². The van der Waals surface area contributed by atoms with Gasteiger partial charge in [0.2, 0.25) is 0 Å². The van der Waals surface area contributed by atoms with Gasteiger partial charge in [-0.05, 0) is 65.5 Å². The summed E-state index contributed by atoms with van der Waals surface area (Å²) in [5.41, 5.74) is -0.124. The summed E-state index contributed by atoms with van der Waals surface area (Å²) >= 11 is 0. The number of ether oxygens (including phenoxy) is 1. The third-order valence-corrected chi connectivity index (χ3v) is 5.06. The molecule has 2 rings (SSSR count). The van der Waals surface area contributed by atoms with Gasteiger partial charge in [0.05, 0.1) is 0 Å². The smallest absolute Gasteiger partial charge is 0.410 e. The maximum Gasteiger partial charge on any atom is 0.410 e. The Morgan fingerprint density at radius 3 is 2.48 bits per heavy atom. The normalized spacial score (nSPS) is 26.1. The fourth-order valence-corrected chi connectivity index (χ4v) is 3.46. The molecule has 2 fully saturated rings. The van der Waals surface area contributed by atoms with Crippen molar-refractivity contribution in [3.8, 4) is 0 Å². The van der Waals surface area contributed by atoms with Gasteiger partial charge in [-0.15, -0.1) is 0 Å². The lowest BCUT2D eigenvalue weighted by atomic mass is 9.80. The van der Waals surface area contributed by atoms with Crippen molar-refractivity contribution in [1.29, 1.82) is 0 Å². The average molecular weight is 325 g/mol. The zero-order valence-corrected chi connectivity index (χ0v) is 15.7. The van der Waals surface area contributed by atoms with E-state index in [1.54, 1.807) is 0 Å². The number of amides is 1. The minimum atomic E-state index is -0.410. The summed E-state index contributed by atoms with van der Waals surface area (Å²) in [6.07, 6.45) is 4.49. The molecule has 0 aromatic rings. The van der Waals surface area contributed by atoms with E-state index in [0.717, 1.165) is 39.0 Å². The summed E-state index contributed by atoms with van der Waals surface area (Å²) in [5.74, 6) is 0. The topological polar surface area (TPSA) is 44.8 Å². The van der Waals surface area contributed by atoms with E-state index in [4.69, 9.17) is 4.74 Å². The van der Waals surface area contributed by atoms with E-state index in [-0.39, 0.29) is 11.5 Å². The lowest BCUT2D eigenvalue weighted by Gasteiger charge is -2.41. The van der Waals surface area contributed by atoms with Crippen LogP contribution in [0.3, 0.4) is 0 Å². The fraction of sp³-hybridized carbons (Fsp3) is 0.944. The lowest BCUT2D eigenvalue weighted by Crippen LogP contribution is -2.50. The SMILES string of the molecule is CN1CCCC(NCC2(C)CCN(C(=O)OC(C)(C)C)CC2)C1. The van der Waals surface area contributed by atoms with E-state index in [1.165, 1.54) is 19.4 Å². The third kappa shape index (κ3) is 5.96. The quantitative estimate of drug-likeness (QED) is 0.866. The molecular formula is C18H35N3O2. The number of hydrogen-bond acceptors (Lipinski definition) is 4. The van der Waals surface area contributed by atoms with Gasteiger partial charge >= 0.3 is 6.09 Å². The fourth-order valence-electron chi connectivity index (χ4n) is 3.46. The molecule has 0 aromatic heterocycles. The van der Waals surface area contributed by atoms with Crippen LogP contribution in [0.4, 0.5) is 4.79 Å². The first-order valence-corrected chi connectivity index (χ1v) is 9.07. The molecule has 23 heavy (non-hydrogen) atoms. The number of likely N-dealkylation sites (N-methyl/N-ethyl adjacent to an activating group) is 1. The van der Waals surface area contributed by atoms with Crippen LogP contribution in [0.5, 0.6) is 0 Å². The Morgan fingerprint density at radius 1 is 1.26 bits per heavy atom. The van der Waals surface area contributed by atoms with Crippen molar-refractivity contribution in [3.05, 3.63) is 0 Å². The number of nitrogens with one attached hydrogen (secondary N) is 1. The molecule has 1 amide bonds. The molecule has 2 saturated heterocycles. The second-order valence-electron chi connectivity index (χ2n) is 8.76. The van der Waals surface area contributed by atoms with Crippen molar-refractivity contribution in [2.24, 2.45) is 5.41 Å². The summed E-state index contributed by atoms with van der Waals surface area (Å²) in [5, 5.41) is 3.77. The van der Waals surface area contributed by atoms with Crippen molar-refractivity contribution < 1.29 is 9.53 Å². The van der Waals surface area contributed by atoms with Crippen molar-refractivity contribution in [2.75, 3.05) is 39.8 Å². The summed E-state index contributed by atoms with van der Waals surface area (Å²) < 4.78 is 5.48. The minimum absolute atomic E-state index is 0.165. The molecule has 0 saturated carbocycles. The number of piperidine rings is 2. The Morgan fingerprint density at radius 2 is 1.91 bits per heavy atom. The molecule has 0 radical (unpaired) electrons. The number of carbonyl (C=O) groups is 1. The van der Waals surface area contributed by atoms with Crippen molar-refractivity contribution in [1.82, 2.24) is 15.1 Å². The van der Waals surface area contributed by atoms with E-state index in [1.807, 2.05) is 25.7 Å². The molecular weight excluding hydrogens is 290 g/mol. The number of nitrogens with zero attached hydrogens (tertiary/aromatic N) is 2. The van der Waals surface area contributed by atoms with E-state index in [2.05, 4.69) is 24.2 Å². The number of hydrogen-bond donors (Lipinski definition) is 1. The van der Waals surface area contributed by atoms with Crippen molar-refractivity contribution in [3.63, 3.8) is 0 Å². The highest BCUT2D eigenvalue weighted by atomic mass is 16.6. The zero-order valence-electron chi connectivity index (χ0n) is 15.7. The van der Waals surface area contributed by atoms with Crippen LogP contribution >= 0.6 is 0 Å². The number of likely N-dealkylation sites (tertiary alicyclic amines) is 2. The van der Waals surface area contributed by atoms with Crippen LogP contribution in [-0.4, -0.2) is 67.3 Å². The van der Waals surface area contributed by atoms with Gasteiger partial charge in [0.1, 0.15) is 5.60 Å². The van der Waals surface area contributed by atoms with Crippen LogP contribution < -0.4 is 5.32 Å². The third-order valence-electron chi connectivity index (χ3n) is 5.06. The average Bonchev–Trinajstić information content (AvgIpc) is 2.44. The Balaban J connectivity index is 1.75. The van der Waals surface area contributed by atoms with Crippen LogP contribution in [0.1, 0.15) is 53.4 Å². The highest BCUT2D eigenvalue weighted by Gasteiger charge is 2.34. The highest BCUT2D eigenvalue weighted by Crippen LogP contribution is 2.31. The number of carbonyl (C=O) groups excluding carboxylic acids is 1. The van der Waals surface area contributed by atoms with Crippen LogP contribution in [0.15, 0.2) is 0 Å². The minimum Gasteiger partial charge on any atom is -0.444 e. The molecule has 1 atom stereocenters. The molecule has 1 unspecified atom stereocenters. The largest absolute Gasteiger partial charge is 0.444 e. The molecule has 0 spiro atoms. The van der Waals surface area contributed by atoms with Gasteiger partial charge in [-0.3, -0.25) is 0 Å². The summed E-state index contributed by atoms with van der Waals surface area (Å²) in [7, 11) is 2.20. The molecule has 0 bridgehead atoms. The van der Waals surface area contributed by atoms with Gasteiger partial charge in [0, 0.05) is 32.2 Å². The molecule has 5 heteroatoms. The predicted octanol–water partition coefficient (Wildman–Crippen LogP) is 2.71. The number of rotatable bonds is 3. The van der Waals surface area contributed by atoms with Gasteiger partial charge in [-0.1, -0.05) is 6.92 Å². The first-order chi connectivity index (χ1) is 10.7. The molecule has 0 aromatic carbocycles. The maximum atomic E-state index is 12.1. The zero-order chi connectivity index (χ0) is 17.1. The predicted molar refractivity (Wildman–Crippen MR) is 93.7 cm³/mol. The van der Waals surface area contributed by atoms with Gasteiger partial charge in [-0.2, -0.15) is 0 Å². The second kappa shape index (κ2) is 7.39. The van der Waals surface area contributed by atoms with E-state index in [9.17, 15) is 4.79 Å². The Bertz CT molecular complexity index is 398. The standard InChI is InChI=1S/C18H35N3O2/c1-17(2,3)23-16(22)21-11-8-18(4,9-12-21)14-19-15-7-6-10-20(5)13-15/h15,19H,6-14H2,1-5H3. The lowest BCUT2D eigenvalue weighted by molar-refractivity contribution is 0.0115. The molecule has 2 aliphatic heterocycles. The monoisotopic (exact) mass is 325 g/mol. The van der Waals surface area contributed by atoms with Crippen LogP contribution in [0, 0.1) is 5.41 Å². The Hall–Kier alpha value is -0.810. The van der Waals surface area contributed by atoms with Gasteiger partial charge in [0.15, 0.2) is 0 Å². The molecule has 2 aliphatic rings. The molecule has 0 aliphatic carbocycles. The van der Waals surface area contributed by atoms with Gasteiger partial charge in [0.25, 0.3) is 0 Å². The van der Waals surface area contributed by atoms with Crippen LogP contribution in [0.2, 0.25) is 0 Å². The van der Waals surface area contributed by atoms with Crippen molar-refractivity contribution in [2.45, 2.75) is 65.0 Å². The van der Waals surface area contributed by atoms with E-state index < -0.39 is 5.60 Å². The molecule has 5 nitrogen and oxygen atoms in total. The Kier molecular flexibility index (Phi) is 5.95. The first kappa shape index (κ1) is 18.5. The maximum absolute atomic E-state index is 12.1. The first-order valence-electron chi connectivity index (χ1n) is 9.07. The Labute approximate surface area is 141 Å². The summed E-state index contributed by atoms with van der Waals surface area (Å²) in [4.78, 5) is 16.4. The van der Waals surface area contributed by atoms with Crippen LogP contribution in [-0.2, 0) is 4.74 Å². The van der Waals surface area contributed by atoms with Gasteiger partial charge < -0.3 is 19.9 Å². The van der Waals surface area contributed by atoms with E-state index in [0.29, 0.717) is 6.04 Å². The van der Waals surface area contributed by atoms with E-state index >= 15 is 0 Å². The van der Waals surface area contributed by atoms with Crippen LogP contribution in [0.25, 0.3) is 0 Å². The molecule has 2 heterocycles.